The molecule has 0 aliphatic heterocycles. The third-order valence-electron chi connectivity index (χ3n) is 3.09. The number of aryl methyl sites for hydroxylation is 1. The Morgan fingerprint density at radius 3 is 2.71 bits per heavy atom. The van der Waals surface area contributed by atoms with Crippen molar-refractivity contribution in [3.8, 4) is 0 Å². The van der Waals surface area contributed by atoms with E-state index in [1.54, 1.807) is 10.8 Å². The molecule has 4 nitrogen and oxygen atoms in total. The predicted octanol–water partition coefficient (Wildman–Crippen LogP) is 3.42. The molecule has 0 unspecified atom stereocenters. The quantitative estimate of drug-likeness (QED) is 0.805. The molecular formula is C13H11F3N4S. The van der Waals surface area contributed by atoms with Crippen LogP contribution in [0.5, 0.6) is 0 Å². The molecule has 0 fully saturated rings. The zero-order valence-corrected chi connectivity index (χ0v) is 11.6. The minimum atomic E-state index is -4.24. The monoisotopic (exact) mass is 312 g/mol. The number of pyridine rings is 1. The summed E-state index contributed by atoms with van der Waals surface area (Å²) in [5.41, 5.74) is 3.65. The number of rotatable bonds is 3. The summed E-state index contributed by atoms with van der Waals surface area (Å²) in [5, 5.41) is 0.830. The lowest BCUT2D eigenvalue weighted by atomic mass is 10.2. The van der Waals surface area contributed by atoms with Gasteiger partial charge >= 0.3 is 5.51 Å². The lowest BCUT2D eigenvalue weighted by molar-refractivity contribution is -0.0328. The fourth-order valence-corrected chi connectivity index (χ4v) is 2.76. The molecular weight excluding hydrogens is 301 g/mol. The molecule has 0 aliphatic rings. The largest absolute Gasteiger partial charge is 0.441 e. The Kier molecular flexibility index (Phi) is 3.40. The van der Waals surface area contributed by atoms with Crippen LogP contribution in [0, 0.1) is 0 Å². The molecule has 2 aromatic heterocycles. The van der Waals surface area contributed by atoms with Crippen molar-refractivity contribution in [1.82, 2.24) is 14.5 Å². The van der Waals surface area contributed by atoms with Gasteiger partial charge in [-0.1, -0.05) is 18.2 Å². The average molecular weight is 312 g/mol. The van der Waals surface area contributed by atoms with Crippen LogP contribution < -0.4 is 5.73 Å². The maximum absolute atomic E-state index is 12.2. The topological polar surface area (TPSA) is 56.7 Å². The van der Waals surface area contributed by atoms with Gasteiger partial charge in [-0.3, -0.25) is 4.98 Å². The number of nitrogens with zero attached hydrogens (tertiary/aromatic N) is 3. The second kappa shape index (κ2) is 5.10. The molecule has 1 aromatic carbocycles. The molecule has 0 radical (unpaired) electrons. The predicted molar refractivity (Wildman–Crippen MR) is 78.0 cm³/mol. The highest BCUT2D eigenvalue weighted by Gasteiger charge is 2.27. The maximum atomic E-state index is 12.2. The van der Waals surface area contributed by atoms with Gasteiger partial charge in [-0.2, -0.15) is 13.2 Å². The number of hydrogen-bond acceptors (Lipinski definition) is 4. The van der Waals surface area contributed by atoms with Crippen LogP contribution in [0.15, 0.2) is 30.5 Å². The van der Waals surface area contributed by atoms with Gasteiger partial charge in [0.1, 0.15) is 5.52 Å². The number of imidazole rings is 1. The molecule has 3 rings (SSSR count). The lowest BCUT2D eigenvalue weighted by Gasteiger charge is -2.09. The summed E-state index contributed by atoms with van der Waals surface area (Å²) in [6.45, 7) is 0.139. The fourth-order valence-electron chi connectivity index (χ4n) is 2.26. The van der Waals surface area contributed by atoms with Gasteiger partial charge < -0.3 is 10.3 Å². The average Bonchev–Trinajstić information content (AvgIpc) is 2.74. The molecule has 0 bridgehead atoms. The summed E-state index contributed by atoms with van der Waals surface area (Å²) in [4.78, 5) is 8.43. The Balaban J connectivity index is 2.05. The summed E-state index contributed by atoms with van der Waals surface area (Å²) in [6, 6.07) is 7.40. The van der Waals surface area contributed by atoms with E-state index in [9.17, 15) is 13.2 Å². The first-order valence-corrected chi connectivity index (χ1v) is 7.14. The van der Waals surface area contributed by atoms with Crippen LogP contribution in [0.25, 0.3) is 21.9 Å². The van der Waals surface area contributed by atoms with Crippen molar-refractivity contribution in [2.45, 2.75) is 12.1 Å². The number of benzene rings is 1. The van der Waals surface area contributed by atoms with Gasteiger partial charge in [0.15, 0.2) is 0 Å². The Morgan fingerprint density at radius 2 is 1.95 bits per heavy atom. The summed E-state index contributed by atoms with van der Waals surface area (Å²) in [7, 11) is 0. The van der Waals surface area contributed by atoms with E-state index in [1.165, 1.54) is 0 Å². The lowest BCUT2D eigenvalue weighted by Crippen LogP contribution is -2.09. The zero-order chi connectivity index (χ0) is 15.0. The molecule has 0 atom stereocenters. The van der Waals surface area contributed by atoms with Crippen molar-refractivity contribution in [2.75, 3.05) is 11.5 Å². The van der Waals surface area contributed by atoms with Crippen LogP contribution in [0.1, 0.15) is 0 Å². The summed E-state index contributed by atoms with van der Waals surface area (Å²) in [5.74, 6) is 0.0847. The van der Waals surface area contributed by atoms with Gasteiger partial charge in [-0.15, -0.1) is 0 Å². The van der Waals surface area contributed by atoms with Gasteiger partial charge in [0.2, 0.25) is 5.95 Å². The van der Waals surface area contributed by atoms with E-state index < -0.39 is 5.51 Å². The van der Waals surface area contributed by atoms with Gasteiger partial charge in [-0.25, -0.2) is 4.98 Å². The highest BCUT2D eigenvalue weighted by Crippen LogP contribution is 2.31. The number of aromatic nitrogens is 3. The van der Waals surface area contributed by atoms with Crippen LogP contribution in [-0.4, -0.2) is 25.8 Å². The Labute approximate surface area is 122 Å². The summed E-state index contributed by atoms with van der Waals surface area (Å²) in [6.07, 6.45) is 1.58. The molecule has 110 valence electrons. The molecule has 2 N–H and O–H groups in total. The highest BCUT2D eigenvalue weighted by atomic mass is 32.2. The van der Waals surface area contributed by atoms with Crippen molar-refractivity contribution >= 4 is 39.6 Å². The molecule has 0 aliphatic carbocycles. The Morgan fingerprint density at radius 1 is 1.19 bits per heavy atom. The molecule has 0 spiro atoms. The van der Waals surface area contributed by atoms with E-state index in [4.69, 9.17) is 5.73 Å². The second-order valence-electron chi connectivity index (χ2n) is 4.43. The number of fused-ring (bicyclic) bond motifs is 3. The van der Waals surface area contributed by atoms with Crippen LogP contribution in [0.3, 0.4) is 0 Å². The minimum absolute atomic E-state index is 0.0653. The molecule has 0 amide bonds. The van der Waals surface area contributed by atoms with Gasteiger partial charge in [-0.05, 0) is 17.8 Å². The number of para-hydroxylation sites is 1. The van der Waals surface area contributed by atoms with Crippen LogP contribution in [0.4, 0.5) is 19.1 Å². The van der Waals surface area contributed by atoms with Crippen molar-refractivity contribution < 1.29 is 13.2 Å². The third-order valence-corrected chi connectivity index (χ3v) is 3.80. The maximum Gasteiger partial charge on any atom is 0.441 e. The van der Waals surface area contributed by atoms with E-state index in [0.29, 0.717) is 5.52 Å². The van der Waals surface area contributed by atoms with Crippen LogP contribution in [-0.2, 0) is 6.54 Å². The first kappa shape index (κ1) is 14.0. The smallest absolute Gasteiger partial charge is 0.369 e. The fraction of sp³-hybridized carbons (Fsp3) is 0.231. The van der Waals surface area contributed by atoms with Gasteiger partial charge in [0, 0.05) is 17.7 Å². The molecule has 0 saturated carbocycles. The van der Waals surface area contributed by atoms with E-state index >= 15 is 0 Å². The number of anilines is 1. The number of hydrogen-bond donors (Lipinski definition) is 1. The SMILES string of the molecule is Nc1nc2cnc3ccccc3c2n1CCSC(F)(F)F. The van der Waals surface area contributed by atoms with Crippen molar-refractivity contribution in [3.63, 3.8) is 0 Å². The standard InChI is InChI=1S/C13H11F3N4S/c14-13(15,16)21-6-5-20-11-8-3-1-2-4-9(8)18-7-10(11)19-12(20)17/h1-4,7H,5-6H2,(H2,17,19). The van der Waals surface area contributed by atoms with Crippen molar-refractivity contribution in [1.29, 1.82) is 0 Å². The van der Waals surface area contributed by atoms with Gasteiger partial charge in [0.25, 0.3) is 0 Å². The van der Waals surface area contributed by atoms with E-state index in [-0.39, 0.29) is 30.0 Å². The van der Waals surface area contributed by atoms with E-state index in [2.05, 4.69) is 9.97 Å². The number of nitrogen functional groups attached to an aromatic ring is 1. The van der Waals surface area contributed by atoms with Crippen LogP contribution >= 0.6 is 11.8 Å². The third kappa shape index (κ3) is 2.76. The number of nitrogens with two attached hydrogens (primary N) is 1. The molecule has 3 aromatic rings. The first-order chi connectivity index (χ1) is 9.96. The van der Waals surface area contributed by atoms with E-state index in [0.717, 1.165) is 16.4 Å². The normalized spacial score (nSPS) is 12.3. The van der Waals surface area contributed by atoms with Crippen LogP contribution in [0.2, 0.25) is 0 Å². The van der Waals surface area contributed by atoms with E-state index in [1.807, 2.05) is 24.3 Å². The first-order valence-electron chi connectivity index (χ1n) is 6.16. The zero-order valence-electron chi connectivity index (χ0n) is 10.8. The number of halogens is 3. The van der Waals surface area contributed by atoms with Crippen molar-refractivity contribution in [3.05, 3.63) is 30.5 Å². The minimum Gasteiger partial charge on any atom is -0.369 e. The van der Waals surface area contributed by atoms with Crippen molar-refractivity contribution in [2.24, 2.45) is 0 Å². The highest BCUT2D eigenvalue weighted by molar-refractivity contribution is 8.00. The Bertz CT molecular complexity index is 797. The Hall–Kier alpha value is -1.96. The van der Waals surface area contributed by atoms with Gasteiger partial charge in [0.05, 0.1) is 17.2 Å². The second-order valence-corrected chi connectivity index (χ2v) is 5.58. The molecule has 8 heteroatoms. The number of thioether (sulfide) groups is 1. The summed E-state index contributed by atoms with van der Waals surface area (Å²) < 4.78 is 38.4. The molecule has 0 saturated heterocycles. The molecule has 21 heavy (non-hydrogen) atoms. The summed E-state index contributed by atoms with van der Waals surface area (Å²) >= 11 is -0.0653. The molecule has 2 heterocycles. The number of alkyl halides is 3.